The molecule has 1 aromatic rings. The zero-order chi connectivity index (χ0) is 25.2. The van der Waals surface area contributed by atoms with Crippen molar-refractivity contribution in [1.82, 2.24) is 0 Å². The van der Waals surface area contributed by atoms with E-state index in [1.807, 2.05) is 37.3 Å². The molecule has 35 heavy (non-hydrogen) atoms. The van der Waals surface area contributed by atoms with Gasteiger partial charge in [0.05, 0.1) is 85.2 Å². The topological polar surface area (TPSA) is 81.7 Å². The van der Waals surface area contributed by atoms with Gasteiger partial charge in [-0.3, -0.25) is 4.79 Å². The van der Waals surface area contributed by atoms with Gasteiger partial charge in [0.1, 0.15) is 6.61 Å². The minimum absolute atomic E-state index is 0.00693. The van der Waals surface area contributed by atoms with Gasteiger partial charge < -0.3 is 33.2 Å². The van der Waals surface area contributed by atoms with Gasteiger partial charge in [-0.25, -0.2) is 0 Å². The molecular formula is C27H46O8. The van der Waals surface area contributed by atoms with Crippen molar-refractivity contribution in [1.29, 1.82) is 0 Å². The second kappa shape index (κ2) is 24.2. The Labute approximate surface area is 211 Å². The Morgan fingerprint density at radius 3 is 1.57 bits per heavy atom. The van der Waals surface area contributed by atoms with Gasteiger partial charge in [0.15, 0.2) is 0 Å². The lowest BCUT2D eigenvalue weighted by Crippen LogP contribution is -2.20. The summed E-state index contributed by atoms with van der Waals surface area (Å²) in [6, 6.07) is 10.1. The summed E-state index contributed by atoms with van der Waals surface area (Å²) in [7, 11) is 0. The monoisotopic (exact) mass is 498 g/mol. The van der Waals surface area contributed by atoms with Crippen molar-refractivity contribution >= 4 is 5.97 Å². The van der Waals surface area contributed by atoms with Gasteiger partial charge in [0.2, 0.25) is 0 Å². The van der Waals surface area contributed by atoms with Gasteiger partial charge in [-0.2, -0.15) is 0 Å². The maximum absolute atomic E-state index is 12.0. The highest BCUT2D eigenvalue weighted by Crippen LogP contribution is 2.14. The third-order valence-electron chi connectivity index (χ3n) is 5.18. The van der Waals surface area contributed by atoms with Crippen LogP contribution in [0.1, 0.15) is 45.1 Å². The highest BCUT2D eigenvalue weighted by atomic mass is 16.6. The van der Waals surface area contributed by atoms with E-state index in [-0.39, 0.29) is 18.5 Å². The first-order chi connectivity index (χ1) is 17.3. The molecule has 1 atom stereocenters. The minimum atomic E-state index is -0.112. The molecular weight excluding hydrogens is 452 g/mol. The normalized spacial score (nSPS) is 12.1. The summed E-state index contributed by atoms with van der Waals surface area (Å²) in [5, 5.41) is 0. The maximum Gasteiger partial charge on any atom is 0.308 e. The quantitative estimate of drug-likeness (QED) is 0.148. The summed E-state index contributed by atoms with van der Waals surface area (Å²) in [6.07, 6.45) is 3.87. The Hall–Kier alpha value is -1.55. The lowest BCUT2D eigenvalue weighted by molar-refractivity contribution is -0.150. The summed E-state index contributed by atoms with van der Waals surface area (Å²) < 4.78 is 38.1. The van der Waals surface area contributed by atoms with E-state index >= 15 is 0 Å². The van der Waals surface area contributed by atoms with Crippen molar-refractivity contribution in [3.05, 3.63) is 35.9 Å². The summed E-state index contributed by atoms with van der Waals surface area (Å²) in [5.74, 6) is -0.105. The average Bonchev–Trinajstić information content (AvgIpc) is 2.88. The first-order valence-electron chi connectivity index (χ1n) is 12.9. The molecule has 0 saturated heterocycles. The van der Waals surface area contributed by atoms with Crippen molar-refractivity contribution in [3.63, 3.8) is 0 Å². The molecule has 0 N–H and O–H groups in total. The van der Waals surface area contributed by atoms with Crippen molar-refractivity contribution in [3.8, 4) is 0 Å². The standard InChI is InChI=1S/C27H46O8/c1-3-5-11-26(4-2)27(28)35-23-22-33-19-18-31-15-14-29-12-13-30-16-17-32-20-21-34-24-25-9-7-6-8-10-25/h6-10,26H,3-5,11-24H2,1-2H3. The van der Waals surface area contributed by atoms with Gasteiger partial charge in [0, 0.05) is 0 Å². The van der Waals surface area contributed by atoms with Crippen LogP contribution in [0.5, 0.6) is 0 Å². The van der Waals surface area contributed by atoms with E-state index in [1.54, 1.807) is 0 Å². The molecule has 0 heterocycles. The first kappa shape index (κ1) is 31.5. The van der Waals surface area contributed by atoms with E-state index in [9.17, 15) is 4.79 Å². The first-order valence-corrected chi connectivity index (χ1v) is 12.9. The fourth-order valence-corrected chi connectivity index (χ4v) is 3.12. The number of esters is 1. The molecule has 0 aliphatic heterocycles. The fourth-order valence-electron chi connectivity index (χ4n) is 3.12. The maximum atomic E-state index is 12.0. The van der Waals surface area contributed by atoms with Crippen LogP contribution < -0.4 is 0 Å². The zero-order valence-electron chi connectivity index (χ0n) is 21.8. The molecule has 0 saturated carbocycles. The molecule has 0 spiro atoms. The third kappa shape index (κ3) is 19.3. The number of ether oxygens (including phenoxy) is 7. The molecule has 1 rings (SSSR count). The largest absolute Gasteiger partial charge is 0.463 e. The van der Waals surface area contributed by atoms with Gasteiger partial charge in [0.25, 0.3) is 0 Å². The molecule has 0 fully saturated rings. The van der Waals surface area contributed by atoms with Crippen LogP contribution in [-0.2, 0) is 44.6 Å². The molecule has 0 aromatic heterocycles. The van der Waals surface area contributed by atoms with Crippen molar-refractivity contribution in [2.75, 3.05) is 79.3 Å². The Balaban J connectivity index is 1.73. The molecule has 8 nitrogen and oxygen atoms in total. The fraction of sp³-hybridized carbons (Fsp3) is 0.741. The van der Waals surface area contributed by atoms with E-state index in [4.69, 9.17) is 33.2 Å². The minimum Gasteiger partial charge on any atom is -0.463 e. The van der Waals surface area contributed by atoms with Crippen LogP contribution in [0.25, 0.3) is 0 Å². The van der Waals surface area contributed by atoms with E-state index < -0.39 is 0 Å². The molecule has 0 aliphatic rings. The Bertz CT molecular complexity index is 584. The van der Waals surface area contributed by atoms with Crippen molar-refractivity contribution in [2.45, 2.75) is 46.1 Å². The zero-order valence-corrected chi connectivity index (χ0v) is 21.8. The Morgan fingerprint density at radius 2 is 1.11 bits per heavy atom. The molecule has 202 valence electrons. The van der Waals surface area contributed by atoms with Gasteiger partial charge in [-0.05, 0) is 18.4 Å². The van der Waals surface area contributed by atoms with Gasteiger partial charge >= 0.3 is 5.97 Å². The van der Waals surface area contributed by atoms with Gasteiger partial charge in [-0.15, -0.1) is 0 Å². The van der Waals surface area contributed by atoms with Crippen LogP contribution in [-0.4, -0.2) is 85.3 Å². The molecule has 1 unspecified atom stereocenters. The third-order valence-corrected chi connectivity index (χ3v) is 5.18. The number of benzene rings is 1. The Kier molecular flexibility index (Phi) is 21.7. The van der Waals surface area contributed by atoms with Crippen LogP contribution in [0.4, 0.5) is 0 Å². The SMILES string of the molecule is CCCCC(CC)C(=O)OCCOCCOCCOCCOCCOCCOCc1ccccc1. The van der Waals surface area contributed by atoms with Gasteiger partial charge in [-0.1, -0.05) is 57.0 Å². The summed E-state index contributed by atoms with van der Waals surface area (Å²) in [4.78, 5) is 12.0. The molecule has 0 aliphatic carbocycles. The Morgan fingerprint density at radius 1 is 0.657 bits per heavy atom. The number of carbonyl (C=O) groups excluding carboxylic acids is 1. The number of carbonyl (C=O) groups is 1. The lowest BCUT2D eigenvalue weighted by atomic mass is 10.00. The van der Waals surface area contributed by atoms with E-state index in [2.05, 4.69) is 6.92 Å². The van der Waals surface area contributed by atoms with E-state index in [0.717, 1.165) is 31.2 Å². The van der Waals surface area contributed by atoms with Crippen LogP contribution in [0.3, 0.4) is 0 Å². The highest BCUT2D eigenvalue weighted by molar-refractivity contribution is 5.72. The van der Waals surface area contributed by atoms with E-state index in [1.165, 1.54) is 0 Å². The van der Waals surface area contributed by atoms with Crippen molar-refractivity contribution in [2.24, 2.45) is 5.92 Å². The van der Waals surface area contributed by atoms with Crippen LogP contribution >= 0.6 is 0 Å². The summed E-state index contributed by atoms with van der Waals surface area (Å²) in [5.41, 5.74) is 1.16. The number of unbranched alkanes of at least 4 members (excludes halogenated alkanes) is 1. The number of rotatable bonds is 25. The predicted molar refractivity (Wildman–Crippen MR) is 134 cm³/mol. The number of hydrogen-bond acceptors (Lipinski definition) is 8. The molecule has 1 aromatic carbocycles. The summed E-state index contributed by atoms with van der Waals surface area (Å²) >= 11 is 0. The smallest absolute Gasteiger partial charge is 0.308 e. The lowest BCUT2D eigenvalue weighted by Gasteiger charge is -2.13. The molecule has 0 amide bonds. The van der Waals surface area contributed by atoms with Crippen molar-refractivity contribution < 1.29 is 38.0 Å². The van der Waals surface area contributed by atoms with E-state index in [0.29, 0.717) is 79.3 Å². The van der Waals surface area contributed by atoms with Crippen LogP contribution in [0.15, 0.2) is 30.3 Å². The number of hydrogen-bond donors (Lipinski definition) is 0. The molecule has 0 radical (unpaired) electrons. The predicted octanol–water partition coefficient (Wildman–Crippen LogP) is 4.05. The molecule has 0 bridgehead atoms. The molecule has 8 heteroatoms. The van der Waals surface area contributed by atoms with Crippen LogP contribution in [0.2, 0.25) is 0 Å². The summed E-state index contributed by atoms with van der Waals surface area (Å²) in [6.45, 7) is 10.6. The highest BCUT2D eigenvalue weighted by Gasteiger charge is 2.16. The second-order valence-electron chi connectivity index (χ2n) is 8.01. The van der Waals surface area contributed by atoms with Crippen LogP contribution in [0, 0.1) is 5.92 Å². The second-order valence-corrected chi connectivity index (χ2v) is 8.01. The average molecular weight is 499 g/mol.